The molecule has 0 atom stereocenters. The van der Waals surface area contributed by atoms with Crippen molar-refractivity contribution in [1.82, 2.24) is 0 Å². The summed E-state index contributed by atoms with van der Waals surface area (Å²) >= 11 is 0. The van der Waals surface area contributed by atoms with Gasteiger partial charge in [0.25, 0.3) is 0 Å². The lowest BCUT2D eigenvalue weighted by Crippen LogP contribution is -1.95. The van der Waals surface area contributed by atoms with Crippen LogP contribution >= 0.6 is 0 Å². The van der Waals surface area contributed by atoms with Crippen molar-refractivity contribution in [3.05, 3.63) is 66.4 Å². The Morgan fingerprint density at radius 3 is 2.24 bits per heavy atom. The largest absolute Gasteiger partial charge is 0.356 e. The Hall–Kier alpha value is -1.76. The summed E-state index contributed by atoms with van der Waals surface area (Å²) in [5.41, 5.74) is 3.34. The molecule has 0 aliphatic carbocycles. The van der Waals surface area contributed by atoms with E-state index < -0.39 is 0 Å². The van der Waals surface area contributed by atoms with Gasteiger partial charge >= 0.3 is 0 Å². The normalized spacial score (nSPS) is 10.7. The molecule has 0 spiro atoms. The predicted octanol–water partition coefficient (Wildman–Crippen LogP) is 5.08. The van der Waals surface area contributed by atoms with E-state index in [9.17, 15) is 0 Å². The summed E-state index contributed by atoms with van der Waals surface area (Å²) in [5, 5.41) is 3.28. The molecular weight excluding hydrogens is 206 g/mol. The second-order valence-corrected chi connectivity index (χ2v) is 3.34. The van der Waals surface area contributed by atoms with Crippen molar-refractivity contribution in [3.63, 3.8) is 0 Å². The fraction of sp³-hybridized carbons (Fsp3) is 0.250. The van der Waals surface area contributed by atoms with Crippen LogP contribution in [0.25, 0.3) is 0 Å². The maximum absolute atomic E-state index is 3.76. The summed E-state index contributed by atoms with van der Waals surface area (Å²) in [6.45, 7) is 11.8. The molecule has 0 amide bonds. The van der Waals surface area contributed by atoms with Gasteiger partial charge in [-0.25, -0.2) is 0 Å². The third-order valence-electron chi connectivity index (χ3n) is 2.03. The number of hydrogen-bond acceptors (Lipinski definition) is 1. The lowest BCUT2D eigenvalue weighted by atomic mass is 10.2. The first-order valence-electron chi connectivity index (χ1n) is 6.05. The number of rotatable bonds is 4. The Morgan fingerprint density at radius 2 is 1.76 bits per heavy atom. The minimum Gasteiger partial charge on any atom is -0.356 e. The second kappa shape index (κ2) is 9.46. The van der Waals surface area contributed by atoms with Crippen molar-refractivity contribution in [2.75, 3.05) is 5.32 Å². The zero-order valence-electron chi connectivity index (χ0n) is 11.3. The van der Waals surface area contributed by atoms with Crippen LogP contribution in [0.1, 0.15) is 26.3 Å². The first-order valence-corrected chi connectivity index (χ1v) is 6.05. The highest BCUT2D eigenvalue weighted by Crippen LogP contribution is 2.11. The molecule has 1 aromatic rings. The standard InChI is InChI=1S/C14H17N.C2H6/c1-4-6-7-13(5-2)15-14-10-8-12(3)9-11-14;1-2/h4-11,15H,2H2,1,3H3;1-2H3/b6-4-,13-7+;. The van der Waals surface area contributed by atoms with Gasteiger partial charge in [-0.1, -0.05) is 50.3 Å². The van der Waals surface area contributed by atoms with Gasteiger partial charge in [-0.05, 0) is 38.1 Å². The molecule has 1 nitrogen and oxygen atoms in total. The van der Waals surface area contributed by atoms with Crippen LogP contribution in [-0.4, -0.2) is 0 Å². The molecule has 0 fully saturated rings. The smallest absolute Gasteiger partial charge is 0.0384 e. The van der Waals surface area contributed by atoms with Gasteiger partial charge in [-0.3, -0.25) is 0 Å². The van der Waals surface area contributed by atoms with Gasteiger partial charge in [0.2, 0.25) is 0 Å². The maximum Gasteiger partial charge on any atom is 0.0384 e. The SMILES string of the molecule is C=C/C(=C\C=C/C)Nc1ccc(C)cc1.CC. The van der Waals surface area contributed by atoms with Crippen LogP contribution in [0.15, 0.2) is 60.8 Å². The Labute approximate surface area is 106 Å². The van der Waals surface area contributed by atoms with Gasteiger partial charge < -0.3 is 5.32 Å². The van der Waals surface area contributed by atoms with E-state index in [1.807, 2.05) is 39.0 Å². The molecule has 0 aliphatic heterocycles. The van der Waals surface area contributed by atoms with E-state index in [1.54, 1.807) is 6.08 Å². The molecule has 0 heterocycles. The molecule has 0 unspecified atom stereocenters. The number of allylic oxidation sites excluding steroid dienone is 4. The van der Waals surface area contributed by atoms with Crippen LogP contribution in [-0.2, 0) is 0 Å². The van der Waals surface area contributed by atoms with E-state index >= 15 is 0 Å². The highest BCUT2D eigenvalue weighted by atomic mass is 14.9. The number of benzene rings is 1. The van der Waals surface area contributed by atoms with E-state index in [0.717, 1.165) is 11.4 Å². The van der Waals surface area contributed by atoms with Gasteiger partial charge in [0.1, 0.15) is 0 Å². The lowest BCUT2D eigenvalue weighted by Gasteiger charge is -2.06. The van der Waals surface area contributed by atoms with Gasteiger partial charge in [0, 0.05) is 11.4 Å². The summed E-state index contributed by atoms with van der Waals surface area (Å²) < 4.78 is 0. The number of anilines is 1. The number of aryl methyl sites for hydroxylation is 1. The summed E-state index contributed by atoms with van der Waals surface area (Å²) in [5.74, 6) is 0. The molecule has 1 rings (SSSR count). The summed E-state index contributed by atoms with van der Waals surface area (Å²) in [4.78, 5) is 0. The third-order valence-corrected chi connectivity index (χ3v) is 2.03. The van der Waals surface area contributed by atoms with Crippen LogP contribution in [0, 0.1) is 6.92 Å². The number of hydrogen-bond donors (Lipinski definition) is 1. The van der Waals surface area contributed by atoms with Gasteiger partial charge in [-0.2, -0.15) is 0 Å². The van der Waals surface area contributed by atoms with Crippen molar-refractivity contribution in [2.45, 2.75) is 27.7 Å². The van der Waals surface area contributed by atoms with E-state index in [-0.39, 0.29) is 0 Å². The van der Waals surface area contributed by atoms with Crippen LogP contribution in [0.5, 0.6) is 0 Å². The zero-order valence-corrected chi connectivity index (χ0v) is 11.3. The minimum atomic E-state index is 0.997. The van der Waals surface area contributed by atoms with Crippen molar-refractivity contribution in [1.29, 1.82) is 0 Å². The maximum atomic E-state index is 3.76. The van der Waals surface area contributed by atoms with Crippen LogP contribution in [0.3, 0.4) is 0 Å². The first kappa shape index (κ1) is 15.2. The van der Waals surface area contributed by atoms with E-state index in [1.165, 1.54) is 5.56 Å². The van der Waals surface area contributed by atoms with Gasteiger partial charge in [0.05, 0.1) is 0 Å². The minimum absolute atomic E-state index is 0.997. The molecule has 1 heteroatoms. The molecule has 1 N–H and O–H groups in total. The van der Waals surface area contributed by atoms with Crippen molar-refractivity contribution in [2.24, 2.45) is 0 Å². The average Bonchev–Trinajstić information content (AvgIpc) is 2.39. The Kier molecular flexibility index (Phi) is 8.48. The Balaban J connectivity index is 0.00000121. The fourth-order valence-electron chi connectivity index (χ4n) is 1.16. The monoisotopic (exact) mass is 229 g/mol. The third kappa shape index (κ3) is 6.41. The van der Waals surface area contributed by atoms with Crippen molar-refractivity contribution < 1.29 is 0 Å². The summed E-state index contributed by atoms with van der Waals surface area (Å²) in [6, 6.07) is 8.28. The summed E-state index contributed by atoms with van der Waals surface area (Å²) in [7, 11) is 0. The van der Waals surface area contributed by atoms with Crippen LogP contribution in [0.2, 0.25) is 0 Å². The van der Waals surface area contributed by atoms with E-state index in [2.05, 4.69) is 43.1 Å². The number of nitrogens with one attached hydrogen (secondary N) is 1. The average molecular weight is 229 g/mol. The van der Waals surface area contributed by atoms with Crippen LogP contribution < -0.4 is 5.32 Å². The van der Waals surface area contributed by atoms with Gasteiger partial charge in [-0.15, -0.1) is 0 Å². The summed E-state index contributed by atoms with van der Waals surface area (Å²) in [6.07, 6.45) is 7.77. The molecule has 1 aromatic carbocycles. The van der Waals surface area contributed by atoms with Gasteiger partial charge in [0.15, 0.2) is 0 Å². The molecule has 0 saturated heterocycles. The Morgan fingerprint density at radius 1 is 1.18 bits per heavy atom. The first-order chi connectivity index (χ1) is 8.26. The molecule has 92 valence electrons. The molecule has 0 saturated carbocycles. The second-order valence-electron chi connectivity index (χ2n) is 3.34. The topological polar surface area (TPSA) is 12.0 Å². The highest BCUT2D eigenvalue weighted by molar-refractivity contribution is 5.51. The molecular formula is C16H23N. The Bertz CT molecular complexity index is 369. The molecule has 0 radical (unpaired) electrons. The van der Waals surface area contributed by atoms with Crippen LogP contribution in [0.4, 0.5) is 5.69 Å². The van der Waals surface area contributed by atoms with E-state index in [0.29, 0.717) is 0 Å². The fourth-order valence-corrected chi connectivity index (χ4v) is 1.16. The lowest BCUT2D eigenvalue weighted by molar-refractivity contribution is 1.43. The van der Waals surface area contributed by atoms with Crippen molar-refractivity contribution in [3.8, 4) is 0 Å². The van der Waals surface area contributed by atoms with Crippen molar-refractivity contribution >= 4 is 5.69 Å². The molecule has 0 aliphatic rings. The molecule has 0 aromatic heterocycles. The quantitative estimate of drug-likeness (QED) is 0.710. The highest BCUT2D eigenvalue weighted by Gasteiger charge is 1.92. The predicted molar refractivity (Wildman–Crippen MR) is 79.2 cm³/mol. The zero-order chi connectivity index (χ0) is 13.1. The molecule has 0 bridgehead atoms. The van der Waals surface area contributed by atoms with E-state index in [4.69, 9.17) is 0 Å². The molecule has 17 heavy (non-hydrogen) atoms.